The molecule has 0 spiro atoms. The van der Waals surface area contributed by atoms with E-state index in [1.165, 1.54) is 0 Å². The highest BCUT2D eigenvalue weighted by atomic mass is 16.3. The zero-order valence-corrected chi connectivity index (χ0v) is 16.4. The fourth-order valence-electron chi connectivity index (χ4n) is 2.13. The van der Waals surface area contributed by atoms with Gasteiger partial charge in [0.2, 0.25) is 0 Å². The van der Waals surface area contributed by atoms with Crippen LogP contribution in [0.1, 0.15) is 48.0 Å². The molecule has 0 fully saturated rings. The van der Waals surface area contributed by atoms with Gasteiger partial charge in [0.25, 0.3) is 0 Å². The van der Waals surface area contributed by atoms with Gasteiger partial charge in [0.1, 0.15) is 6.04 Å². The summed E-state index contributed by atoms with van der Waals surface area (Å²) >= 11 is 0. The monoisotopic (exact) mass is 347 g/mol. The van der Waals surface area contributed by atoms with Crippen LogP contribution in [0.5, 0.6) is 0 Å². The van der Waals surface area contributed by atoms with Crippen molar-refractivity contribution in [2.24, 2.45) is 15.4 Å². The molecule has 0 radical (unpaired) electrons. The number of nitrogens with zero attached hydrogens (tertiary/aromatic N) is 3. The molecule has 2 unspecified atom stereocenters. The highest BCUT2D eigenvalue weighted by molar-refractivity contribution is 5.34. The van der Waals surface area contributed by atoms with Crippen LogP contribution < -0.4 is 10.6 Å². The first kappa shape index (κ1) is 21.4. The summed E-state index contributed by atoms with van der Waals surface area (Å²) in [4.78, 5) is 10.7. The molecule has 6 nitrogen and oxygen atoms in total. The van der Waals surface area contributed by atoms with Crippen molar-refractivity contribution in [1.29, 1.82) is 0 Å². The molecule has 0 saturated carbocycles. The van der Waals surface area contributed by atoms with Gasteiger partial charge in [-0.15, -0.1) is 0 Å². The lowest BCUT2D eigenvalue weighted by Gasteiger charge is -2.31. The van der Waals surface area contributed by atoms with E-state index in [1.54, 1.807) is 0 Å². The van der Waals surface area contributed by atoms with Crippen LogP contribution in [-0.2, 0) is 0 Å². The molecule has 0 amide bonds. The average molecular weight is 348 g/mol. The highest BCUT2D eigenvalue weighted by Crippen LogP contribution is 2.17. The Morgan fingerprint density at radius 2 is 1.44 bits per heavy atom. The second-order valence-electron chi connectivity index (χ2n) is 7.66. The summed E-state index contributed by atoms with van der Waals surface area (Å²) in [5, 5.41) is 18.8. The Morgan fingerprint density at radius 3 is 1.96 bits per heavy atom. The quantitative estimate of drug-likeness (QED) is 0.353. The Bertz CT molecular complexity index is 542. The van der Waals surface area contributed by atoms with Gasteiger partial charge in [-0.2, -0.15) is 15.1 Å². The summed E-state index contributed by atoms with van der Waals surface area (Å²) in [5.41, 5.74) is 0.439. The zero-order valence-electron chi connectivity index (χ0n) is 16.4. The number of nitrogens with one attached hydrogen (secondary N) is 2. The third-order valence-electron chi connectivity index (χ3n) is 4.86. The molecule has 0 bridgehead atoms. The molecule has 0 aliphatic rings. The maximum Gasteiger partial charge on any atom is 0.107 e. The third-order valence-corrected chi connectivity index (χ3v) is 4.86. The van der Waals surface area contributed by atoms with E-state index in [0.29, 0.717) is 0 Å². The maximum atomic E-state index is 10.7. The predicted molar refractivity (Wildman–Crippen MR) is 104 cm³/mol. The van der Waals surface area contributed by atoms with Crippen molar-refractivity contribution >= 4 is 5.69 Å². The lowest BCUT2D eigenvalue weighted by molar-refractivity contribution is 0.307. The molecule has 25 heavy (non-hydrogen) atoms. The summed E-state index contributed by atoms with van der Waals surface area (Å²) in [5.74, 6) is 0. The normalized spacial score (nSPS) is 15.3. The Kier molecular flexibility index (Phi) is 8.32. The largest absolute Gasteiger partial charge is 0.310 e. The van der Waals surface area contributed by atoms with Crippen LogP contribution >= 0.6 is 0 Å². The third kappa shape index (κ3) is 7.40. The van der Waals surface area contributed by atoms with Crippen molar-refractivity contribution in [1.82, 2.24) is 10.6 Å². The lowest BCUT2D eigenvalue weighted by atomic mass is 9.96. The first-order valence-electron chi connectivity index (χ1n) is 8.97. The van der Waals surface area contributed by atoms with Gasteiger partial charge < -0.3 is 10.6 Å². The zero-order chi connectivity index (χ0) is 18.9. The summed E-state index contributed by atoms with van der Waals surface area (Å²) in [6, 6.07) is 9.57. The van der Waals surface area contributed by atoms with E-state index in [2.05, 4.69) is 46.8 Å². The number of azo groups is 1. The number of hydrogen-bond donors (Lipinski definition) is 2. The SMILES string of the molecule is CC(N=O)C(C)(C)NCCCNC(C)(C)C(C)N=Nc1ccccc1. The molecule has 0 heterocycles. The van der Waals surface area contributed by atoms with Gasteiger partial charge in [-0.25, -0.2) is 0 Å². The Balaban J connectivity index is 2.37. The van der Waals surface area contributed by atoms with Gasteiger partial charge in [0.15, 0.2) is 0 Å². The van der Waals surface area contributed by atoms with Gasteiger partial charge in [-0.05, 0) is 73.2 Å². The van der Waals surface area contributed by atoms with E-state index in [4.69, 9.17) is 0 Å². The number of benzene rings is 1. The number of rotatable bonds is 11. The molecule has 0 aromatic heterocycles. The molecule has 140 valence electrons. The minimum absolute atomic E-state index is 0.0522. The lowest BCUT2D eigenvalue weighted by Crippen LogP contribution is -2.50. The van der Waals surface area contributed by atoms with E-state index in [1.807, 2.05) is 51.1 Å². The smallest absolute Gasteiger partial charge is 0.107 e. The molecule has 6 heteroatoms. The molecule has 0 saturated heterocycles. The van der Waals surface area contributed by atoms with E-state index < -0.39 is 0 Å². The van der Waals surface area contributed by atoms with Crippen molar-refractivity contribution in [2.45, 2.75) is 71.1 Å². The van der Waals surface area contributed by atoms with Crippen LogP contribution in [0.3, 0.4) is 0 Å². The fourth-order valence-corrected chi connectivity index (χ4v) is 2.13. The van der Waals surface area contributed by atoms with E-state index in [0.717, 1.165) is 25.2 Å². The second-order valence-corrected chi connectivity index (χ2v) is 7.66. The van der Waals surface area contributed by atoms with Crippen molar-refractivity contribution in [3.8, 4) is 0 Å². The van der Waals surface area contributed by atoms with Crippen molar-refractivity contribution in [2.75, 3.05) is 13.1 Å². The van der Waals surface area contributed by atoms with Crippen LogP contribution in [0.15, 0.2) is 45.7 Å². The molecule has 1 aromatic carbocycles. The van der Waals surface area contributed by atoms with Crippen molar-refractivity contribution < 1.29 is 0 Å². The second kappa shape index (κ2) is 9.73. The molecule has 1 aromatic rings. The van der Waals surface area contributed by atoms with Crippen LogP contribution in [0.25, 0.3) is 0 Å². The van der Waals surface area contributed by atoms with Crippen LogP contribution in [0.2, 0.25) is 0 Å². The van der Waals surface area contributed by atoms with Crippen LogP contribution in [0.4, 0.5) is 5.69 Å². The molecular formula is C19H33N5O. The highest BCUT2D eigenvalue weighted by Gasteiger charge is 2.27. The van der Waals surface area contributed by atoms with Gasteiger partial charge in [0.05, 0.1) is 11.7 Å². The van der Waals surface area contributed by atoms with Crippen molar-refractivity contribution in [3.05, 3.63) is 35.2 Å². The molecular weight excluding hydrogens is 314 g/mol. The minimum atomic E-state index is -0.283. The summed E-state index contributed by atoms with van der Waals surface area (Å²) in [6.07, 6.45) is 0.959. The van der Waals surface area contributed by atoms with Crippen LogP contribution in [0, 0.1) is 4.91 Å². The van der Waals surface area contributed by atoms with Gasteiger partial charge in [-0.3, -0.25) is 0 Å². The molecule has 2 N–H and O–H groups in total. The summed E-state index contributed by atoms with van der Waals surface area (Å²) in [7, 11) is 0. The van der Waals surface area contributed by atoms with E-state index in [9.17, 15) is 4.91 Å². The fraction of sp³-hybridized carbons (Fsp3) is 0.684. The predicted octanol–water partition coefficient (Wildman–Crippen LogP) is 4.44. The van der Waals surface area contributed by atoms with Gasteiger partial charge in [0, 0.05) is 11.1 Å². The van der Waals surface area contributed by atoms with Gasteiger partial charge in [-0.1, -0.05) is 23.4 Å². The Labute approximate surface area is 151 Å². The average Bonchev–Trinajstić information content (AvgIpc) is 2.59. The molecule has 0 aliphatic carbocycles. The molecule has 2 atom stereocenters. The first-order valence-corrected chi connectivity index (χ1v) is 8.97. The topological polar surface area (TPSA) is 78.2 Å². The summed E-state index contributed by atoms with van der Waals surface area (Å²) in [6.45, 7) is 13.9. The number of hydrogen-bond acceptors (Lipinski definition) is 6. The molecule has 1 rings (SSSR count). The van der Waals surface area contributed by atoms with Gasteiger partial charge >= 0.3 is 0 Å². The minimum Gasteiger partial charge on any atom is -0.310 e. The Hall–Kier alpha value is -1.66. The van der Waals surface area contributed by atoms with Crippen LogP contribution in [-0.4, -0.2) is 36.3 Å². The van der Waals surface area contributed by atoms with E-state index >= 15 is 0 Å². The standard InChI is InChI=1S/C19H33N5O/c1-15(22-23-17-11-8-7-9-12-17)18(3,4)20-13-10-14-21-19(5,6)16(2)24-25/h7-9,11-12,15-16,20-21H,10,13-14H2,1-6H3. The number of nitroso groups, excluding NO2 is 1. The van der Waals surface area contributed by atoms with Crippen molar-refractivity contribution in [3.63, 3.8) is 0 Å². The first-order chi connectivity index (χ1) is 11.7. The molecule has 0 aliphatic heterocycles. The Morgan fingerprint density at radius 1 is 0.920 bits per heavy atom. The summed E-state index contributed by atoms with van der Waals surface area (Å²) < 4.78 is 0. The van der Waals surface area contributed by atoms with E-state index in [-0.39, 0.29) is 23.2 Å². The maximum absolute atomic E-state index is 10.7.